The molecule has 1 aromatic heterocycles. The molecule has 0 aliphatic carbocycles. The Hall–Kier alpha value is -2.61. The number of nitro groups is 1. The molecule has 0 saturated carbocycles. The molecule has 116 valence electrons. The minimum atomic E-state index is -0.830. The lowest BCUT2D eigenvalue weighted by Gasteiger charge is -2.20. The fraction of sp³-hybridized carbons (Fsp3) is 0.357. The van der Waals surface area contributed by atoms with Gasteiger partial charge in [-0.1, -0.05) is 6.07 Å². The average molecular weight is 305 g/mol. The molecule has 1 aromatic carbocycles. The molecule has 0 bridgehead atoms. The van der Waals surface area contributed by atoms with Crippen molar-refractivity contribution in [2.24, 2.45) is 0 Å². The molecule has 1 atom stereocenters. The van der Waals surface area contributed by atoms with E-state index in [2.05, 4.69) is 4.98 Å². The van der Waals surface area contributed by atoms with Gasteiger partial charge in [0.15, 0.2) is 11.5 Å². The van der Waals surface area contributed by atoms with Crippen LogP contribution in [0.15, 0.2) is 24.4 Å². The molecular weight excluding hydrogens is 290 g/mol. The summed E-state index contributed by atoms with van der Waals surface area (Å²) in [5.41, 5.74) is 0.653. The highest BCUT2D eigenvalue weighted by Gasteiger charge is 2.20. The summed E-state index contributed by atoms with van der Waals surface area (Å²) in [4.78, 5) is 14.0. The van der Waals surface area contributed by atoms with Gasteiger partial charge in [-0.25, -0.2) is 0 Å². The maximum absolute atomic E-state index is 10.7. The molecule has 1 aliphatic heterocycles. The van der Waals surface area contributed by atoms with E-state index in [-0.39, 0.29) is 12.4 Å². The number of benzene rings is 1. The molecular formula is C14H15N3O5. The highest BCUT2D eigenvalue weighted by atomic mass is 16.6. The van der Waals surface area contributed by atoms with E-state index in [9.17, 15) is 15.2 Å². The van der Waals surface area contributed by atoms with Crippen molar-refractivity contribution in [3.05, 3.63) is 45.9 Å². The third kappa shape index (κ3) is 2.73. The first kappa shape index (κ1) is 14.3. The summed E-state index contributed by atoms with van der Waals surface area (Å²) < 4.78 is 12.5. The van der Waals surface area contributed by atoms with E-state index in [1.807, 2.05) is 0 Å². The van der Waals surface area contributed by atoms with Crippen LogP contribution in [0.2, 0.25) is 0 Å². The molecule has 8 heteroatoms. The Kier molecular flexibility index (Phi) is 3.68. The Morgan fingerprint density at radius 2 is 2.14 bits per heavy atom. The molecule has 1 N–H and O–H groups in total. The third-order valence-corrected chi connectivity index (χ3v) is 3.47. The Labute approximate surface area is 126 Å². The number of hydrogen-bond acceptors (Lipinski definition) is 6. The number of fused-ring (bicyclic) bond motifs is 1. The van der Waals surface area contributed by atoms with Crippen LogP contribution in [0.5, 0.6) is 11.5 Å². The van der Waals surface area contributed by atoms with E-state index < -0.39 is 11.0 Å². The quantitative estimate of drug-likeness (QED) is 0.680. The van der Waals surface area contributed by atoms with Crippen LogP contribution in [0.4, 0.5) is 5.82 Å². The number of imidazole rings is 1. The summed E-state index contributed by atoms with van der Waals surface area (Å²) >= 11 is 0. The fourth-order valence-electron chi connectivity index (χ4n) is 2.32. The van der Waals surface area contributed by atoms with Crippen molar-refractivity contribution < 1.29 is 19.5 Å². The molecule has 0 spiro atoms. The number of rotatable bonds is 4. The molecule has 3 rings (SSSR count). The molecule has 22 heavy (non-hydrogen) atoms. The maximum atomic E-state index is 10.7. The zero-order valence-electron chi connectivity index (χ0n) is 11.9. The van der Waals surface area contributed by atoms with Gasteiger partial charge in [0.1, 0.15) is 19.4 Å². The van der Waals surface area contributed by atoms with E-state index in [1.165, 1.54) is 6.20 Å². The molecule has 0 unspecified atom stereocenters. The number of ether oxygens (including phenoxy) is 2. The molecule has 8 nitrogen and oxygen atoms in total. The molecule has 2 heterocycles. The molecule has 0 saturated heterocycles. The van der Waals surface area contributed by atoms with Crippen LogP contribution < -0.4 is 9.47 Å². The predicted octanol–water partition coefficient (Wildman–Crippen LogP) is 1.60. The lowest BCUT2D eigenvalue weighted by atomic mass is 10.1. The standard InChI is InChI=1S/C14H15N3O5/c1-9-15-14(17(19)20)8-16(9)7-11(18)10-2-3-12-13(6-10)22-5-4-21-12/h2-3,6,8,11,18H,4-5,7H2,1H3/t11-/m0/s1. The summed E-state index contributed by atoms with van der Waals surface area (Å²) in [6.45, 7) is 2.81. The van der Waals surface area contributed by atoms with Gasteiger partial charge in [0, 0.05) is 6.92 Å². The van der Waals surface area contributed by atoms with Gasteiger partial charge in [-0.3, -0.25) is 0 Å². The van der Waals surface area contributed by atoms with E-state index in [4.69, 9.17) is 9.47 Å². The third-order valence-electron chi connectivity index (χ3n) is 3.47. The Balaban J connectivity index is 1.79. The molecule has 2 aromatic rings. The molecule has 0 fully saturated rings. The Bertz CT molecular complexity index is 712. The molecule has 0 radical (unpaired) electrons. The maximum Gasteiger partial charge on any atom is 0.381 e. The van der Waals surface area contributed by atoms with Crippen LogP contribution in [0, 0.1) is 17.0 Å². The number of aliphatic hydroxyl groups is 1. The zero-order valence-corrected chi connectivity index (χ0v) is 11.9. The van der Waals surface area contributed by atoms with Gasteiger partial charge in [-0.05, 0) is 27.6 Å². The van der Waals surface area contributed by atoms with Crippen LogP contribution in [0.25, 0.3) is 0 Å². The van der Waals surface area contributed by atoms with E-state index in [0.717, 1.165) is 0 Å². The number of aryl methyl sites for hydroxylation is 1. The van der Waals surface area contributed by atoms with Crippen molar-refractivity contribution in [1.82, 2.24) is 9.55 Å². The summed E-state index contributed by atoms with van der Waals surface area (Å²) in [5, 5.41) is 21.1. The second-order valence-corrected chi connectivity index (χ2v) is 4.97. The second-order valence-electron chi connectivity index (χ2n) is 4.97. The Morgan fingerprint density at radius 3 is 2.82 bits per heavy atom. The van der Waals surface area contributed by atoms with E-state index in [0.29, 0.717) is 36.1 Å². The van der Waals surface area contributed by atoms with Gasteiger partial charge in [-0.2, -0.15) is 0 Å². The Morgan fingerprint density at radius 1 is 1.41 bits per heavy atom. The first-order chi connectivity index (χ1) is 10.5. The van der Waals surface area contributed by atoms with Crippen molar-refractivity contribution in [1.29, 1.82) is 0 Å². The van der Waals surface area contributed by atoms with Gasteiger partial charge in [0.2, 0.25) is 5.82 Å². The topological polar surface area (TPSA) is 99.7 Å². The largest absolute Gasteiger partial charge is 0.486 e. The highest BCUT2D eigenvalue weighted by Crippen LogP contribution is 2.33. The summed E-state index contributed by atoms with van der Waals surface area (Å²) in [6, 6.07) is 5.22. The highest BCUT2D eigenvalue weighted by molar-refractivity contribution is 5.44. The van der Waals surface area contributed by atoms with Gasteiger partial charge in [0.05, 0.1) is 12.6 Å². The normalized spacial score (nSPS) is 14.6. The van der Waals surface area contributed by atoms with Crippen LogP contribution in [-0.2, 0) is 6.54 Å². The predicted molar refractivity (Wildman–Crippen MR) is 76.0 cm³/mol. The number of nitrogens with zero attached hydrogens (tertiary/aromatic N) is 3. The van der Waals surface area contributed by atoms with Crippen LogP contribution in [0.3, 0.4) is 0 Å². The van der Waals surface area contributed by atoms with Gasteiger partial charge >= 0.3 is 5.82 Å². The summed E-state index contributed by atoms with van der Waals surface area (Å²) in [6.07, 6.45) is 0.486. The minimum Gasteiger partial charge on any atom is -0.486 e. The lowest BCUT2D eigenvalue weighted by Crippen LogP contribution is -2.16. The monoisotopic (exact) mass is 305 g/mol. The smallest absolute Gasteiger partial charge is 0.381 e. The first-order valence-corrected chi connectivity index (χ1v) is 6.80. The van der Waals surface area contributed by atoms with Crippen LogP contribution >= 0.6 is 0 Å². The van der Waals surface area contributed by atoms with Crippen molar-refractivity contribution >= 4 is 5.82 Å². The van der Waals surface area contributed by atoms with Crippen LogP contribution in [0.1, 0.15) is 17.5 Å². The fourth-order valence-corrected chi connectivity index (χ4v) is 2.32. The zero-order chi connectivity index (χ0) is 15.7. The van der Waals surface area contributed by atoms with Gasteiger partial charge in [-0.15, -0.1) is 0 Å². The molecule has 0 amide bonds. The van der Waals surface area contributed by atoms with Gasteiger partial charge < -0.3 is 29.3 Å². The van der Waals surface area contributed by atoms with Gasteiger partial charge in [0.25, 0.3) is 0 Å². The van der Waals surface area contributed by atoms with Crippen molar-refractivity contribution in [2.45, 2.75) is 19.6 Å². The first-order valence-electron chi connectivity index (χ1n) is 6.80. The van der Waals surface area contributed by atoms with Crippen molar-refractivity contribution in [3.63, 3.8) is 0 Å². The number of hydrogen-bond donors (Lipinski definition) is 1. The summed E-state index contributed by atoms with van der Waals surface area (Å²) in [5.74, 6) is 1.49. The van der Waals surface area contributed by atoms with E-state index in [1.54, 1.807) is 29.7 Å². The van der Waals surface area contributed by atoms with Crippen LogP contribution in [-0.4, -0.2) is 32.8 Å². The number of aliphatic hydroxyl groups excluding tert-OH is 1. The second kappa shape index (κ2) is 5.64. The van der Waals surface area contributed by atoms with Crippen molar-refractivity contribution in [3.8, 4) is 11.5 Å². The lowest BCUT2D eigenvalue weighted by molar-refractivity contribution is -0.389. The minimum absolute atomic E-state index is 0.173. The summed E-state index contributed by atoms with van der Waals surface area (Å²) in [7, 11) is 0. The van der Waals surface area contributed by atoms with E-state index >= 15 is 0 Å². The average Bonchev–Trinajstić information content (AvgIpc) is 2.88. The number of aromatic nitrogens is 2. The van der Waals surface area contributed by atoms with Crippen molar-refractivity contribution in [2.75, 3.05) is 13.2 Å². The SMILES string of the molecule is Cc1nc([N+](=O)[O-])cn1C[C@H](O)c1ccc2c(c1)OCCO2. The molecule has 1 aliphatic rings.